The van der Waals surface area contributed by atoms with Crippen molar-refractivity contribution in [2.24, 2.45) is 11.7 Å². The van der Waals surface area contributed by atoms with Crippen LogP contribution in [0.2, 0.25) is 0 Å². The minimum atomic E-state index is -1.22. The van der Waals surface area contributed by atoms with Crippen molar-refractivity contribution in [3.05, 3.63) is 34.9 Å². The second-order valence-corrected chi connectivity index (χ2v) is 8.42. The molecule has 1 aromatic carbocycles. The summed E-state index contributed by atoms with van der Waals surface area (Å²) in [4.78, 5) is 4.14. The van der Waals surface area contributed by atoms with Crippen molar-refractivity contribution in [2.75, 3.05) is 20.3 Å². The number of hydrogen-bond acceptors (Lipinski definition) is 8. The third-order valence-electron chi connectivity index (χ3n) is 6.74. The molecular weight excluding hydrogens is 386 g/mol. The monoisotopic (exact) mass is 412 g/mol. The van der Waals surface area contributed by atoms with Gasteiger partial charge in [-0.05, 0) is 36.7 Å². The van der Waals surface area contributed by atoms with Gasteiger partial charge in [-0.25, -0.2) is 8.78 Å². The Hall–Kier alpha value is -1.24. The summed E-state index contributed by atoms with van der Waals surface area (Å²) in [6.07, 6.45) is -4.12. The van der Waals surface area contributed by atoms with Gasteiger partial charge in [0, 0.05) is 12.5 Å². The highest BCUT2D eigenvalue weighted by molar-refractivity contribution is 5.34. The summed E-state index contributed by atoms with van der Waals surface area (Å²) >= 11 is 0. The van der Waals surface area contributed by atoms with Gasteiger partial charge < -0.3 is 25.4 Å². The Labute approximate surface area is 167 Å². The number of aliphatic hydroxyl groups excluding tert-OH is 2. The van der Waals surface area contributed by atoms with E-state index >= 15 is 0 Å². The Bertz CT molecular complexity index is 802. The minimum absolute atomic E-state index is 0.0276. The van der Waals surface area contributed by atoms with Gasteiger partial charge in [0.1, 0.15) is 30.6 Å². The van der Waals surface area contributed by atoms with Crippen LogP contribution in [-0.4, -0.2) is 77.1 Å². The largest absolute Gasteiger partial charge is 0.387 e. The molecular formula is C19H26F2N4O4. The van der Waals surface area contributed by atoms with E-state index in [1.165, 1.54) is 0 Å². The van der Waals surface area contributed by atoms with E-state index in [4.69, 9.17) is 15.2 Å². The molecule has 3 saturated heterocycles. The molecule has 3 fully saturated rings. The molecule has 8 atom stereocenters. The van der Waals surface area contributed by atoms with Crippen LogP contribution in [0.1, 0.15) is 23.7 Å². The van der Waals surface area contributed by atoms with E-state index in [1.807, 2.05) is 11.9 Å². The first kappa shape index (κ1) is 19.7. The summed E-state index contributed by atoms with van der Waals surface area (Å²) in [6.45, 7) is 1.37. The summed E-state index contributed by atoms with van der Waals surface area (Å²) in [5, 5.41) is 24.7. The molecule has 160 valence electrons. The van der Waals surface area contributed by atoms with Gasteiger partial charge in [0.05, 0.1) is 25.6 Å². The van der Waals surface area contributed by atoms with Crippen molar-refractivity contribution in [1.82, 2.24) is 15.1 Å². The number of likely N-dealkylation sites (tertiary alicyclic amines) is 1. The number of aliphatic hydroxyl groups is 2. The summed E-state index contributed by atoms with van der Waals surface area (Å²) in [6, 6.07) is 2.19. The first-order valence-corrected chi connectivity index (χ1v) is 9.93. The number of fused-ring (bicyclic) bond motifs is 2. The molecule has 10 heteroatoms. The molecule has 0 saturated carbocycles. The van der Waals surface area contributed by atoms with Crippen LogP contribution < -0.4 is 11.1 Å². The topological polar surface area (TPSA) is 103 Å². The average Bonchev–Trinajstić information content (AvgIpc) is 3.37. The second kappa shape index (κ2) is 7.17. The summed E-state index contributed by atoms with van der Waals surface area (Å²) in [5.74, 6) is -1.75. The van der Waals surface area contributed by atoms with E-state index in [2.05, 4.69) is 10.2 Å². The summed E-state index contributed by atoms with van der Waals surface area (Å²) < 4.78 is 39.1. The van der Waals surface area contributed by atoms with Gasteiger partial charge in [0.15, 0.2) is 11.6 Å². The zero-order valence-corrected chi connectivity index (χ0v) is 16.0. The number of hydrogen-bond donors (Lipinski definition) is 4. The molecule has 0 spiro atoms. The molecule has 5 N–H and O–H groups in total. The number of benzene rings is 1. The van der Waals surface area contributed by atoms with Crippen LogP contribution in [-0.2, 0) is 16.1 Å². The van der Waals surface area contributed by atoms with Gasteiger partial charge in [0.25, 0.3) is 0 Å². The van der Waals surface area contributed by atoms with Crippen LogP contribution in [0.4, 0.5) is 8.78 Å². The molecule has 0 radical (unpaired) electrons. The van der Waals surface area contributed by atoms with Crippen LogP contribution in [0, 0.1) is 17.6 Å². The lowest BCUT2D eigenvalue weighted by Gasteiger charge is -2.44. The van der Waals surface area contributed by atoms with Crippen molar-refractivity contribution >= 4 is 0 Å². The fourth-order valence-electron chi connectivity index (χ4n) is 5.29. The number of rotatable bonds is 2. The van der Waals surface area contributed by atoms with Crippen LogP contribution in [0.5, 0.6) is 0 Å². The Kier molecular flexibility index (Phi) is 4.87. The molecule has 5 rings (SSSR count). The quantitative estimate of drug-likeness (QED) is 0.511. The lowest BCUT2D eigenvalue weighted by Crippen LogP contribution is -2.64. The highest BCUT2D eigenvalue weighted by atomic mass is 19.2. The minimum Gasteiger partial charge on any atom is -0.387 e. The fraction of sp³-hybridized carbons (Fsp3) is 0.684. The smallest absolute Gasteiger partial charge is 0.159 e. The van der Waals surface area contributed by atoms with E-state index in [-0.39, 0.29) is 24.9 Å². The molecule has 1 aromatic rings. The SMILES string of the molecule is CN1CNC(N)C2CCN([C@@H]3O[C@H]([C@@H]4OCc5cc(F)c(F)cc54)[C@@H](O)[C@H]3O)C21. The predicted octanol–water partition coefficient (Wildman–Crippen LogP) is -0.592. The highest BCUT2D eigenvalue weighted by Gasteiger charge is 2.55. The van der Waals surface area contributed by atoms with E-state index in [9.17, 15) is 19.0 Å². The van der Waals surface area contributed by atoms with Gasteiger partial charge in [0.2, 0.25) is 0 Å². The number of nitrogens with two attached hydrogens (primary N) is 1. The molecule has 0 bridgehead atoms. The van der Waals surface area contributed by atoms with Crippen molar-refractivity contribution in [3.8, 4) is 0 Å². The molecule has 4 heterocycles. The number of nitrogens with zero attached hydrogens (tertiary/aromatic N) is 2. The molecule has 0 amide bonds. The Morgan fingerprint density at radius 1 is 1.21 bits per heavy atom. The normalized spacial score (nSPS) is 43.0. The zero-order chi connectivity index (χ0) is 20.4. The third-order valence-corrected chi connectivity index (χ3v) is 6.74. The summed E-state index contributed by atoms with van der Waals surface area (Å²) in [7, 11) is 1.97. The van der Waals surface area contributed by atoms with E-state index in [1.54, 1.807) is 0 Å². The van der Waals surface area contributed by atoms with E-state index < -0.39 is 42.3 Å². The van der Waals surface area contributed by atoms with Crippen LogP contribution >= 0.6 is 0 Å². The zero-order valence-electron chi connectivity index (χ0n) is 16.0. The maximum Gasteiger partial charge on any atom is 0.159 e. The molecule has 3 unspecified atom stereocenters. The summed E-state index contributed by atoms with van der Waals surface area (Å²) in [5.41, 5.74) is 7.17. The Morgan fingerprint density at radius 3 is 2.76 bits per heavy atom. The lowest BCUT2D eigenvalue weighted by molar-refractivity contribution is -0.151. The van der Waals surface area contributed by atoms with Crippen LogP contribution in [0.25, 0.3) is 0 Å². The van der Waals surface area contributed by atoms with Crippen molar-refractivity contribution in [3.63, 3.8) is 0 Å². The number of halogens is 2. The first-order chi connectivity index (χ1) is 13.9. The van der Waals surface area contributed by atoms with E-state index in [0.717, 1.165) is 18.6 Å². The Balaban J connectivity index is 1.39. The molecule has 8 nitrogen and oxygen atoms in total. The predicted molar refractivity (Wildman–Crippen MR) is 96.9 cm³/mol. The van der Waals surface area contributed by atoms with Gasteiger partial charge in [-0.3, -0.25) is 15.1 Å². The molecule has 4 aliphatic rings. The van der Waals surface area contributed by atoms with Crippen molar-refractivity contribution < 1.29 is 28.5 Å². The fourth-order valence-corrected chi connectivity index (χ4v) is 5.29. The average molecular weight is 412 g/mol. The third kappa shape index (κ3) is 3.02. The highest BCUT2D eigenvalue weighted by Crippen LogP contribution is 2.43. The van der Waals surface area contributed by atoms with Gasteiger partial charge >= 0.3 is 0 Å². The maximum absolute atomic E-state index is 13.8. The molecule has 29 heavy (non-hydrogen) atoms. The molecule has 0 aromatic heterocycles. The number of nitrogens with one attached hydrogen (secondary N) is 1. The first-order valence-electron chi connectivity index (χ1n) is 9.93. The van der Waals surface area contributed by atoms with Crippen LogP contribution in [0.15, 0.2) is 12.1 Å². The van der Waals surface area contributed by atoms with Crippen molar-refractivity contribution in [2.45, 2.75) is 56.0 Å². The van der Waals surface area contributed by atoms with Gasteiger partial charge in [-0.2, -0.15) is 0 Å². The van der Waals surface area contributed by atoms with E-state index in [0.29, 0.717) is 24.3 Å². The standard InChI is InChI=1S/C19H26F2N4O4/c1-24-7-23-17(22)9-2-3-25(18(9)24)19-14(27)13(26)16(29-19)15-10-5-12(21)11(20)4-8(10)6-28-15/h4-5,9,13-19,23,26-27H,2-3,6-7,22H2,1H3/t9?,13-,14+,15+,16-,17?,18?,19+/m0/s1. The lowest BCUT2D eigenvalue weighted by atomic mass is 9.97. The second-order valence-electron chi connectivity index (χ2n) is 8.42. The van der Waals surface area contributed by atoms with Crippen molar-refractivity contribution in [1.29, 1.82) is 0 Å². The van der Waals surface area contributed by atoms with Crippen LogP contribution in [0.3, 0.4) is 0 Å². The van der Waals surface area contributed by atoms with Gasteiger partial charge in [-0.1, -0.05) is 0 Å². The van der Waals surface area contributed by atoms with Gasteiger partial charge in [-0.15, -0.1) is 0 Å². The maximum atomic E-state index is 13.8. The molecule has 0 aliphatic carbocycles. The molecule has 4 aliphatic heterocycles. The number of ether oxygens (including phenoxy) is 2. The Morgan fingerprint density at radius 2 is 1.97 bits per heavy atom.